The van der Waals surface area contributed by atoms with Crippen molar-refractivity contribution in [3.05, 3.63) is 23.5 Å². The third kappa shape index (κ3) is 2.69. The van der Waals surface area contributed by atoms with Gasteiger partial charge in [0.1, 0.15) is 0 Å². The van der Waals surface area contributed by atoms with Crippen LogP contribution < -0.4 is 0 Å². The molecule has 0 radical (unpaired) electrons. The lowest BCUT2D eigenvalue weighted by Crippen LogP contribution is -2.10. The molecule has 0 aliphatic heterocycles. The Kier molecular flexibility index (Phi) is 3.84. The van der Waals surface area contributed by atoms with Crippen molar-refractivity contribution in [2.75, 3.05) is 0 Å². The highest BCUT2D eigenvalue weighted by molar-refractivity contribution is 8.13. The van der Waals surface area contributed by atoms with Crippen LogP contribution in [0.3, 0.4) is 0 Å². The van der Waals surface area contributed by atoms with Gasteiger partial charge in [-0.3, -0.25) is 9.55 Å². The van der Waals surface area contributed by atoms with Crippen LogP contribution in [0.15, 0.2) is 17.3 Å². The molecule has 20 heavy (non-hydrogen) atoms. The molecule has 0 N–H and O–H groups in total. The molecule has 0 atom stereocenters. The van der Waals surface area contributed by atoms with Crippen LogP contribution in [-0.4, -0.2) is 28.2 Å². The minimum atomic E-state index is -3.95. The summed E-state index contributed by atoms with van der Waals surface area (Å²) in [7, 11) is 1.46. The van der Waals surface area contributed by atoms with Crippen molar-refractivity contribution in [3.63, 3.8) is 0 Å². The van der Waals surface area contributed by atoms with Crippen molar-refractivity contribution in [2.24, 2.45) is 0 Å². The molecular weight excluding hydrogens is 300 g/mol. The summed E-state index contributed by atoms with van der Waals surface area (Å²) >= 11 is 0. The summed E-state index contributed by atoms with van der Waals surface area (Å²) in [4.78, 5) is 4.36. The van der Waals surface area contributed by atoms with Crippen molar-refractivity contribution in [1.82, 2.24) is 19.7 Å². The van der Waals surface area contributed by atoms with E-state index >= 15 is 0 Å². The minimum absolute atomic E-state index is 0.149. The van der Waals surface area contributed by atoms with E-state index in [1.54, 1.807) is 0 Å². The van der Waals surface area contributed by atoms with Crippen LogP contribution in [0.25, 0.3) is 11.4 Å². The molecule has 0 fully saturated rings. The first-order valence-electron chi connectivity index (χ1n) is 6.06. The highest BCUT2D eigenvalue weighted by Gasteiger charge is 2.25. The van der Waals surface area contributed by atoms with Gasteiger partial charge in [0.15, 0.2) is 5.82 Å². The molecule has 0 aromatic carbocycles. The summed E-state index contributed by atoms with van der Waals surface area (Å²) in [5, 5.41) is 7.44. The maximum absolute atomic E-state index is 11.6. The Morgan fingerprint density at radius 3 is 2.35 bits per heavy atom. The molecule has 0 unspecified atom stereocenters. The molecular formula is C12H15ClN4O2S. The smallest absolute Gasteiger partial charge is 0.294 e. The van der Waals surface area contributed by atoms with E-state index in [9.17, 15) is 8.42 Å². The second-order valence-electron chi connectivity index (χ2n) is 4.79. The van der Waals surface area contributed by atoms with E-state index in [0.29, 0.717) is 5.82 Å². The topological polar surface area (TPSA) is 77.7 Å². The molecule has 0 spiro atoms. The van der Waals surface area contributed by atoms with Gasteiger partial charge in [-0.2, -0.15) is 0 Å². The number of rotatable bonds is 3. The molecule has 2 aromatic heterocycles. The largest absolute Gasteiger partial charge is 0.296 e. The van der Waals surface area contributed by atoms with Crippen molar-refractivity contribution in [2.45, 2.75) is 38.9 Å². The van der Waals surface area contributed by atoms with Gasteiger partial charge in [-0.15, -0.1) is 10.2 Å². The van der Waals surface area contributed by atoms with Gasteiger partial charge in [-0.25, -0.2) is 8.42 Å². The monoisotopic (exact) mass is 314 g/mol. The summed E-state index contributed by atoms with van der Waals surface area (Å²) in [5.74, 6) is 0.448. The van der Waals surface area contributed by atoms with Crippen LogP contribution in [0.1, 0.15) is 31.3 Å². The molecule has 0 saturated heterocycles. The van der Waals surface area contributed by atoms with Gasteiger partial charge in [0.2, 0.25) is 0 Å². The zero-order valence-electron chi connectivity index (χ0n) is 11.6. The van der Waals surface area contributed by atoms with Crippen molar-refractivity contribution in [3.8, 4) is 11.4 Å². The molecule has 0 saturated carbocycles. The standard InChI is InChI=1S/C12H15ClN4O2S/c1-7(2)17-11(15-16-12(17)20(13,18)19)10-6-5-8(3)14-9(10)4/h5-7H,1-4H3. The quantitative estimate of drug-likeness (QED) is 0.813. The number of aryl methyl sites for hydroxylation is 2. The molecule has 8 heteroatoms. The Labute approximate surface area is 122 Å². The van der Waals surface area contributed by atoms with Gasteiger partial charge in [-0.05, 0) is 39.8 Å². The summed E-state index contributed by atoms with van der Waals surface area (Å²) < 4.78 is 24.6. The van der Waals surface area contributed by atoms with Gasteiger partial charge in [-0.1, -0.05) is 0 Å². The normalized spacial score (nSPS) is 12.1. The van der Waals surface area contributed by atoms with E-state index in [4.69, 9.17) is 10.7 Å². The molecule has 6 nitrogen and oxygen atoms in total. The summed E-state index contributed by atoms with van der Waals surface area (Å²) in [6.45, 7) is 7.42. The number of pyridine rings is 1. The molecule has 0 amide bonds. The Balaban J connectivity index is 2.73. The second-order valence-corrected chi connectivity index (χ2v) is 7.25. The first-order valence-corrected chi connectivity index (χ1v) is 8.37. The maximum atomic E-state index is 11.6. The SMILES string of the molecule is Cc1ccc(-c2nnc(S(=O)(=O)Cl)n2C(C)C)c(C)n1. The number of hydrogen-bond acceptors (Lipinski definition) is 5. The van der Waals surface area contributed by atoms with E-state index in [0.717, 1.165) is 17.0 Å². The van der Waals surface area contributed by atoms with Gasteiger partial charge < -0.3 is 0 Å². The number of aromatic nitrogens is 4. The predicted molar refractivity (Wildman–Crippen MR) is 76.2 cm³/mol. The highest BCUT2D eigenvalue weighted by atomic mass is 35.7. The fourth-order valence-corrected chi connectivity index (χ4v) is 3.00. The summed E-state index contributed by atoms with van der Waals surface area (Å²) in [5.41, 5.74) is 2.38. The third-order valence-corrected chi connectivity index (χ3v) is 3.99. The van der Waals surface area contributed by atoms with Crippen LogP contribution in [0.5, 0.6) is 0 Å². The van der Waals surface area contributed by atoms with Crippen molar-refractivity contribution in [1.29, 1.82) is 0 Å². The van der Waals surface area contributed by atoms with Crippen molar-refractivity contribution < 1.29 is 8.42 Å². The van der Waals surface area contributed by atoms with Gasteiger partial charge in [0.25, 0.3) is 14.2 Å². The number of halogens is 1. The first kappa shape index (κ1) is 14.9. The average Bonchev–Trinajstić information content (AvgIpc) is 2.72. The van der Waals surface area contributed by atoms with Crippen molar-refractivity contribution >= 4 is 19.7 Å². The lowest BCUT2D eigenvalue weighted by atomic mass is 10.1. The van der Waals surface area contributed by atoms with Crippen LogP contribution in [0.4, 0.5) is 0 Å². The van der Waals surface area contributed by atoms with E-state index in [1.165, 1.54) is 4.57 Å². The lowest BCUT2D eigenvalue weighted by molar-refractivity contribution is 0.530. The Morgan fingerprint density at radius 1 is 1.20 bits per heavy atom. The predicted octanol–water partition coefficient (Wildman–Crippen LogP) is 2.47. The minimum Gasteiger partial charge on any atom is -0.294 e. The number of hydrogen-bond donors (Lipinski definition) is 0. The molecule has 0 bridgehead atoms. The van der Waals surface area contributed by atoms with Crippen LogP contribution in [-0.2, 0) is 9.05 Å². The molecule has 0 aliphatic carbocycles. The van der Waals surface area contributed by atoms with E-state index in [1.807, 2.05) is 39.8 Å². The summed E-state index contributed by atoms with van der Waals surface area (Å²) in [6, 6.07) is 3.55. The lowest BCUT2D eigenvalue weighted by Gasteiger charge is -2.13. The molecule has 108 valence electrons. The van der Waals surface area contributed by atoms with Crippen LogP contribution >= 0.6 is 10.7 Å². The third-order valence-electron chi connectivity index (χ3n) is 2.86. The van der Waals surface area contributed by atoms with E-state index in [-0.39, 0.29) is 11.2 Å². The molecule has 2 heterocycles. The molecule has 2 rings (SSSR count). The Hall–Kier alpha value is -1.47. The Bertz CT molecular complexity index is 753. The van der Waals surface area contributed by atoms with E-state index < -0.39 is 9.05 Å². The summed E-state index contributed by atoms with van der Waals surface area (Å²) in [6.07, 6.45) is 0. The van der Waals surface area contributed by atoms with Gasteiger partial charge >= 0.3 is 0 Å². The van der Waals surface area contributed by atoms with Crippen LogP contribution in [0, 0.1) is 13.8 Å². The first-order chi connectivity index (χ1) is 9.21. The fourth-order valence-electron chi connectivity index (χ4n) is 2.02. The van der Waals surface area contributed by atoms with Gasteiger partial charge in [0.05, 0.1) is 0 Å². The zero-order chi connectivity index (χ0) is 15.1. The second kappa shape index (κ2) is 5.14. The fraction of sp³-hybridized carbons (Fsp3) is 0.417. The zero-order valence-corrected chi connectivity index (χ0v) is 13.2. The van der Waals surface area contributed by atoms with Crippen LogP contribution in [0.2, 0.25) is 0 Å². The number of nitrogens with zero attached hydrogens (tertiary/aromatic N) is 4. The Morgan fingerprint density at radius 2 is 1.85 bits per heavy atom. The van der Waals surface area contributed by atoms with E-state index in [2.05, 4.69) is 15.2 Å². The van der Waals surface area contributed by atoms with Gasteiger partial charge in [0, 0.05) is 33.7 Å². The molecule has 2 aromatic rings. The highest BCUT2D eigenvalue weighted by Crippen LogP contribution is 2.27. The molecule has 0 aliphatic rings. The average molecular weight is 315 g/mol. The maximum Gasteiger partial charge on any atom is 0.296 e.